The minimum Gasteiger partial charge on any atom is -0.370 e. The summed E-state index contributed by atoms with van der Waals surface area (Å²) in [5.74, 6) is 0.0509. The van der Waals surface area contributed by atoms with Crippen LogP contribution < -0.4 is 4.90 Å². The highest BCUT2D eigenvalue weighted by molar-refractivity contribution is 5.99. The maximum absolute atomic E-state index is 12.5. The lowest BCUT2D eigenvalue weighted by molar-refractivity contribution is -0.383. The number of pyridine rings is 1. The molecule has 0 radical (unpaired) electrons. The van der Waals surface area contributed by atoms with Gasteiger partial charge >= 0.3 is 0 Å². The summed E-state index contributed by atoms with van der Waals surface area (Å²) >= 11 is 0. The van der Waals surface area contributed by atoms with Crippen molar-refractivity contribution in [3.63, 3.8) is 0 Å². The van der Waals surface area contributed by atoms with Crippen molar-refractivity contribution in [2.24, 2.45) is 0 Å². The molecule has 1 aliphatic rings. The first-order valence-corrected chi connectivity index (χ1v) is 9.48. The Balaban J connectivity index is 1.69. The van der Waals surface area contributed by atoms with E-state index in [-0.39, 0.29) is 22.4 Å². The number of carbonyl (C=O) groups is 1. The average Bonchev–Trinajstić information content (AvgIpc) is 3.22. The molecule has 9 heteroatoms. The predicted octanol–water partition coefficient (Wildman–Crippen LogP) is 2.95. The number of nitro benzene ring substituents is 1. The highest BCUT2D eigenvalue weighted by Gasteiger charge is 2.29. The van der Waals surface area contributed by atoms with Gasteiger partial charge in [0, 0.05) is 62.6 Å². The predicted molar refractivity (Wildman–Crippen MR) is 109 cm³/mol. The van der Waals surface area contributed by atoms with E-state index in [0.717, 1.165) is 36.2 Å². The van der Waals surface area contributed by atoms with Gasteiger partial charge in [-0.1, -0.05) is 0 Å². The molecule has 0 spiro atoms. The molecule has 0 aliphatic carbocycles. The number of piperidine rings is 1. The Morgan fingerprint density at radius 1 is 1.28 bits per heavy atom. The first-order valence-electron chi connectivity index (χ1n) is 9.48. The molecule has 1 saturated heterocycles. The molecule has 1 N–H and O–H groups in total. The van der Waals surface area contributed by atoms with Gasteiger partial charge in [-0.25, -0.2) is 0 Å². The van der Waals surface area contributed by atoms with E-state index in [1.807, 2.05) is 12.1 Å². The highest BCUT2D eigenvalue weighted by Crippen LogP contribution is 2.37. The van der Waals surface area contributed by atoms with Gasteiger partial charge in [-0.05, 0) is 25.0 Å². The molecule has 29 heavy (non-hydrogen) atoms. The van der Waals surface area contributed by atoms with Gasteiger partial charge in [-0.3, -0.25) is 25.0 Å². The van der Waals surface area contributed by atoms with E-state index in [2.05, 4.69) is 20.1 Å². The topological polar surface area (TPSA) is 108 Å². The van der Waals surface area contributed by atoms with Crippen LogP contribution in [0, 0.1) is 10.1 Å². The van der Waals surface area contributed by atoms with Crippen molar-refractivity contribution in [3.8, 4) is 0 Å². The first kappa shape index (κ1) is 18.9. The van der Waals surface area contributed by atoms with Crippen LogP contribution in [0.15, 0.2) is 36.8 Å². The van der Waals surface area contributed by atoms with Crippen LogP contribution in [-0.2, 0) is 0 Å². The summed E-state index contributed by atoms with van der Waals surface area (Å²) in [6.45, 7) is 1.54. The maximum atomic E-state index is 12.5. The van der Waals surface area contributed by atoms with Crippen molar-refractivity contribution in [3.05, 3.63) is 58.2 Å². The molecule has 1 fully saturated rings. The van der Waals surface area contributed by atoms with E-state index in [1.165, 1.54) is 0 Å². The van der Waals surface area contributed by atoms with Crippen LogP contribution in [0.2, 0.25) is 0 Å². The second-order valence-electron chi connectivity index (χ2n) is 7.46. The number of nitro groups is 1. The zero-order chi connectivity index (χ0) is 20.5. The van der Waals surface area contributed by atoms with Crippen LogP contribution in [0.4, 0.5) is 11.4 Å². The number of amides is 1. The van der Waals surface area contributed by atoms with E-state index < -0.39 is 0 Å². The van der Waals surface area contributed by atoms with Crippen LogP contribution in [0.1, 0.15) is 34.8 Å². The quantitative estimate of drug-likeness (QED) is 0.538. The number of non-ortho nitro benzene ring substituents is 1. The number of hydrogen-bond acceptors (Lipinski definition) is 6. The van der Waals surface area contributed by atoms with E-state index in [4.69, 9.17) is 0 Å². The number of H-pyrrole nitrogens is 1. The molecule has 1 aliphatic heterocycles. The Hall–Kier alpha value is -3.49. The summed E-state index contributed by atoms with van der Waals surface area (Å²) < 4.78 is 0. The Kier molecular flexibility index (Phi) is 4.87. The second kappa shape index (κ2) is 7.50. The number of nitrogens with one attached hydrogen (secondary N) is 1. The van der Waals surface area contributed by atoms with Crippen molar-refractivity contribution < 1.29 is 9.72 Å². The number of benzene rings is 1. The van der Waals surface area contributed by atoms with Gasteiger partial charge in [-0.15, -0.1) is 0 Å². The van der Waals surface area contributed by atoms with Crippen molar-refractivity contribution >= 4 is 28.1 Å². The minimum atomic E-state index is -0.378. The summed E-state index contributed by atoms with van der Waals surface area (Å²) in [6, 6.07) is 5.17. The third-order valence-electron chi connectivity index (χ3n) is 5.44. The third kappa shape index (κ3) is 3.39. The van der Waals surface area contributed by atoms with Crippen molar-refractivity contribution in [1.82, 2.24) is 20.1 Å². The monoisotopic (exact) mass is 394 g/mol. The van der Waals surface area contributed by atoms with Gasteiger partial charge in [0.25, 0.3) is 11.6 Å². The van der Waals surface area contributed by atoms with E-state index in [0.29, 0.717) is 17.5 Å². The van der Waals surface area contributed by atoms with E-state index in [9.17, 15) is 14.9 Å². The number of aromatic nitrogens is 3. The SMILES string of the molecule is CN(C)C(=O)c1cn[nH]c1[C@H]1CCCN(c2ccc([N+](=O)[O-])c3cnccc23)C1. The lowest BCUT2D eigenvalue weighted by Crippen LogP contribution is -2.35. The highest BCUT2D eigenvalue weighted by atomic mass is 16.6. The first-order chi connectivity index (χ1) is 14.0. The number of rotatable bonds is 4. The molecule has 1 aromatic carbocycles. The Morgan fingerprint density at radius 3 is 2.86 bits per heavy atom. The lowest BCUT2D eigenvalue weighted by Gasteiger charge is -2.35. The van der Waals surface area contributed by atoms with Crippen molar-refractivity contribution in [2.45, 2.75) is 18.8 Å². The molecule has 1 atom stereocenters. The molecule has 4 rings (SSSR count). The molecule has 0 saturated carbocycles. The van der Waals surface area contributed by atoms with Crippen molar-refractivity contribution in [2.75, 3.05) is 32.1 Å². The van der Waals surface area contributed by atoms with Crippen molar-refractivity contribution in [1.29, 1.82) is 0 Å². The zero-order valence-corrected chi connectivity index (χ0v) is 16.3. The van der Waals surface area contributed by atoms with Crippen LogP contribution in [-0.4, -0.2) is 58.1 Å². The second-order valence-corrected chi connectivity index (χ2v) is 7.46. The minimum absolute atomic E-state index is 0.0536. The van der Waals surface area contributed by atoms with Gasteiger partial charge in [-0.2, -0.15) is 5.10 Å². The third-order valence-corrected chi connectivity index (χ3v) is 5.44. The Morgan fingerprint density at radius 2 is 2.10 bits per heavy atom. The molecular formula is C20H22N6O3. The fourth-order valence-electron chi connectivity index (χ4n) is 4.04. The summed E-state index contributed by atoms with van der Waals surface area (Å²) in [5, 5.41) is 19.8. The Labute approximate surface area is 167 Å². The smallest absolute Gasteiger partial charge is 0.278 e. The molecule has 0 bridgehead atoms. The number of aromatic amines is 1. The standard InChI is InChI=1S/C20H22N6O3/c1-24(2)20(27)16-11-22-23-19(16)13-4-3-9-25(12-13)17-5-6-18(26(28)29)15-10-21-8-7-14(15)17/h5-8,10-11,13H,3-4,9,12H2,1-2H3,(H,22,23)/t13-/m0/s1. The van der Waals surface area contributed by atoms with Gasteiger partial charge in [0.15, 0.2) is 0 Å². The number of nitrogens with zero attached hydrogens (tertiary/aromatic N) is 5. The average molecular weight is 394 g/mol. The van der Waals surface area contributed by atoms with Gasteiger partial charge < -0.3 is 9.80 Å². The molecule has 0 unspecified atom stereocenters. The van der Waals surface area contributed by atoms with Gasteiger partial charge in [0.05, 0.1) is 27.8 Å². The summed E-state index contributed by atoms with van der Waals surface area (Å²) in [5.41, 5.74) is 2.44. The molecule has 3 heterocycles. The summed E-state index contributed by atoms with van der Waals surface area (Å²) in [7, 11) is 3.45. The van der Waals surface area contributed by atoms with Crippen LogP contribution >= 0.6 is 0 Å². The number of hydrogen-bond donors (Lipinski definition) is 1. The summed E-state index contributed by atoms with van der Waals surface area (Å²) in [6.07, 6.45) is 6.67. The molecule has 3 aromatic rings. The number of fused-ring (bicyclic) bond motifs is 1. The number of anilines is 1. The lowest BCUT2D eigenvalue weighted by atomic mass is 9.91. The summed E-state index contributed by atoms with van der Waals surface area (Å²) in [4.78, 5) is 31.3. The van der Waals surface area contributed by atoms with E-state index in [1.54, 1.807) is 43.7 Å². The molecule has 1 amide bonds. The normalized spacial score (nSPS) is 16.8. The van der Waals surface area contributed by atoms with Crippen LogP contribution in [0.3, 0.4) is 0 Å². The fourth-order valence-corrected chi connectivity index (χ4v) is 4.04. The molecule has 150 valence electrons. The maximum Gasteiger partial charge on any atom is 0.278 e. The molecule has 9 nitrogen and oxygen atoms in total. The largest absolute Gasteiger partial charge is 0.370 e. The van der Waals surface area contributed by atoms with E-state index >= 15 is 0 Å². The molecular weight excluding hydrogens is 372 g/mol. The molecule has 2 aromatic heterocycles. The van der Waals surface area contributed by atoms with Gasteiger partial charge in [0.1, 0.15) is 0 Å². The van der Waals surface area contributed by atoms with Gasteiger partial charge in [0.2, 0.25) is 0 Å². The number of carbonyl (C=O) groups excluding carboxylic acids is 1. The zero-order valence-electron chi connectivity index (χ0n) is 16.3. The van der Waals surface area contributed by atoms with Crippen LogP contribution in [0.25, 0.3) is 10.8 Å². The van der Waals surface area contributed by atoms with Crippen LogP contribution in [0.5, 0.6) is 0 Å². The Bertz CT molecular complexity index is 1080. The fraction of sp³-hybridized carbons (Fsp3) is 0.350.